The minimum atomic E-state index is 1.08. The van der Waals surface area contributed by atoms with Crippen molar-refractivity contribution in [2.45, 2.75) is 167 Å². The van der Waals surface area contributed by atoms with Gasteiger partial charge in [-0.3, -0.25) is 0 Å². The summed E-state index contributed by atoms with van der Waals surface area (Å²) in [6.07, 6.45) is 35.5. The van der Waals surface area contributed by atoms with E-state index in [-0.39, 0.29) is 0 Å². The summed E-state index contributed by atoms with van der Waals surface area (Å²) in [5, 5.41) is 0. The van der Waals surface area contributed by atoms with Crippen molar-refractivity contribution in [1.82, 2.24) is 0 Å². The van der Waals surface area contributed by atoms with Crippen LogP contribution in [0, 0.1) is 25.7 Å². The van der Waals surface area contributed by atoms with Crippen LogP contribution in [0.1, 0.15) is 167 Å². The third-order valence-electron chi connectivity index (χ3n) is 6.23. The van der Waals surface area contributed by atoms with Crippen LogP contribution in [0.4, 0.5) is 0 Å². The molecule has 0 amide bonds. The molecule has 0 heteroatoms. The van der Waals surface area contributed by atoms with Crippen molar-refractivity contribution in [1.29, 1.82) is 0 Å². The van der Waals surface area contributed by atoms with E-state index < -0.39 is 0 Å². The summed E-state index contributed by atoms with van der Waals surface area (Å²) in [5.74, 6) is 6.69. The standard InChI is InChI=1S/C30H56/c1-3-5-7-9-11-13-15-17-19-21-23-25-27-29-30-28-26-24-22-20-18-16-14-12-10-8-6-4-2/h1-13,15,17-30H2. The Morgan fingerprint density at radius 1 is 0.267 bits per heavy atom. The molecule has 0 saturated heterocycles. The summed E-state index contributed by atoms with van der Waals surface area (Å²) in [5.41, 5.74) is 0. The maximum atomic E-state index is 3.91. The van der Waals surface area contributed by atoms with Gasteiger partial charge in [0, 0.05) is 12.8 Å². The van der Waals surface area contributed by atoms with Gasteiger partial charge in [0.2, 0.25) is 0 Å². The van der Waals surface area contributed by atoms with Crippen molar-refractivity contribution in [3.05, 3.63) is 13.8 Å². The van der Waals surface area contributed by atoms with Gasteiger partial charge in [0.05, 0.1) is 0 Å². The Bertz CT molecular complexity index is 345. The van der Waals surface area contributed by atoms with E-state index in [1.54, 1.807) is 0 Å². The molecule has 30 heavy (non-hydrogen) atoms. The Hall–Kier alpha value is -0.440. The van der Waals surface area contributed by atoms with E-state index in [4.69, 9.17) is 0 Å². The first-order valence-electron chi connectivity index (χ1n) is 14.0. The van der Waals surface area contributed by atoms with Crippen LogP contribution >= 0.6 is 0 Å². The molecule has 0 N–H and O–H groups in total. The van der Waals surface area contributed by atoms with Crippen LogP contribution in [0.2, 0.25) is 0 Å². The van der Waals surface area contributed by atoms with Crippen LogP contribution in [-0.4, -0.2) is 0 Å². The second-order valence-electron chi connectivity index (χ2n) is 9.34. The Labute approximate surface area is 192 Å². The van der Waals surface area contributed by atoms with Crippen molar-refractivity contribution in [3.63, 3.8) is 0 Å². The fraction of sp³-hybridized carbons (Fsp3) is 0.867. The van der Waals surface area contributed by atoms with E-state index in [1.807, 2.05) is 0 Å². The smallest absolute Gasteiger partial charge is 0.00886 e. The monoisotopic (exact) mass is 416 g/mol. The fourth-order valence-electron chi connectivity index (χ4n) is 4.14. The third kappa shape index (κ3) is 27.6. The highest BCUT2D eigenvalue weighted by Crippen LogP contribution is 2.15. The van der Waals surface area contributed by atoms with Gasteiger partial charge in [-0.1, -0.05) is 155 Å². The zero-order valence-electron chi connectivity index (χ0n) is 20.8. The quantitative estimate of drug-likeness (QED) is 0.108. The van der Waals surface area contributed by atoms with Crippen molar-refractivity contribution in [2.75, 3.05) is 0 Å². The molecule has 0 saturated carbocycles. The second-order valence-corrected chi connectivity index (χ2v) is 9.34. The Balaban J connectivity index is 3.04. The van der Waals surface area contributed by atoms with Gasteiger partial charge in [0.1, 0.15) is 0 Å². The predicted molar refractivity (Wildman–Crippen MR) is 139 cm³/mol. The first kappa shape index (κ1) is 29.6. The molecule has 0 unspecified atom stereocenters. The van der Waals surface area contributed by atoms with Gasteiger partial charge in [0.15, 0.2) is 0 Å². The van der Waals surface area contributed by atoms with E-state index in [9.17, 15) is 0 Å². The molecule has 0 rings (SSSR count). The SMILES string of the molecule is [CH2]CCCCCC#CCCCCCCCCCCCCCCCCCCCCC[CH2]. The van der Waals surface area contributed by atoms with Crippen molar-refractivity contribution in [3.8, 4) is 11.8 Å². The van der Waals surface area contributed by atoms with Gasteiger partial charge in [-0.25, -0.2) is 0 Å². The van der Waals surface area contributed by atoms with Crippen LogP contribution in [-0.2, 0) is 0 Å². The first-order chi connectivity index (χ1) is 14.9. The summed E-state index contributed by atoms with van der Waals surface area (Å²) < 4.78 is 0. The lowest BCUT2D eigenvalue weighted by molar-refractivity contribution is 0.523. The molecule has 0 aliphatic rings. The van der Waals surface area contributed by atoms with Crippen molar-refractivity contribution >= 4 is 0 Å². The molecular formula is C30H56. The maximum absolute atomic E-state index is 3.91. The number of hydrogen-bond acceptors (Lipinski definition) is 0. The Morgan fingerprint density at radius 3 is 0.733 bits per heavy atom. The predicted octanol–water partition coefficient (Wildman–Crippen LogP) is 10.8. The molecule has 0 aromatic carbocycles. The highest BCUT2D eigenvalue weighted by atomic mass is 14.0. The number of hydrogen-bond donors (Lipinski definition) is 0. The lowest BCUT2D eigenvalue weighted by Gasteiger charge is -2.04. The van der Waals surface area contributed by atoms with Gasteiger partial charge in [-0.05, 0) is 12.8 Å². The van der Waals surface area contributed by atoms with Crippen LogP contribution in [0.15, 0.2) is 0 Å². The molecule has 0 bridgehead atoms. The normalized spacial score (nSPS) is 10.9. The Morgan fingerprint density at radius 2 is 0.467 bits per heavy atom. The van der Waals surface area contributed by atoms with Crippen LogP contribution in [0.3, 0.4) is 0 Å². The lowest BCUT2D eigenvalue weighted by atomic mass is 10.0. The van der Waals surface area contributed by atoms with Gasteiger partial charge >= 0.3 is 0 Å². The number of rotatable bonds is 24. The zero-order chi connectivity index (χ0) is 21.8. The van der Waals surface area contributed by atoms with Gasteiger partial charge in [-0.15, -0.1) is 11.8 Å². The van der Waals surface area contributed by atoms with Crippen molar-refractivity contribution in [2.24, 2.45) is 0 Å². The molecule has 0 fully saturated rings. The minimum Gasteiger partial charge on any atom is -0.103 e. The van der Waals surface area contributed by atoms with Crippen molar-refractivity contribution < 1.29 is 0 Å². The van der Waals surface area contributed by atoms with Gasteiger partial charge in [0.25, 0.3) is 0 Å². The average molecular weight is 417 g/mol. The van der Waals surface area contributed by atoms with E-state index in [2.05, 4.69) is 25.7 Å². The van der Waals surface area contributed by atoms with Crippen LogP contribution in [0.5, 0.6) is 0 Å². The Kier molecular flexibility index (Phi) is 28.1. The van der Waals surface area contributed by atoms with Crippen LogP contribution in [0.25, 0.3) is 0 Å². The highest BCUT2D eigenvalue weighted by molar-refractivity contribution is 4.98. The summed E-state index contributed by atoms with van der Waals surface area (Å²) in [7, 11) is 0. The van der Waals surface area contributed by atoms with Crippen LogP contribution < -0.4 is 0 Å². The second kappa shape index (κ2) is 28.6. The molecule has 0 aliphatic heterocycles. The topological polar surface area (TPSA) is 0 Å². The number of unbranched alkanes of at least 4 members (excludes halogenated alkanes) is 24. The molecule has 0 nitrogen and oxygen atoms in total. The molecule has 0 atom stereocenters. The van der Waals surface area contributed by atoms with Gasteiger partial charge in [-0.2, -0.15) is 0 Å². The third-order valence-corrected chi connectivity index (χ3v) is 6.23. The van der Waals surface area contributed by atoms with E-state index in [0.29, 0.717) is 0 Å². The maximum Gasteiger partial charge on any atom is 0.00886 e. The van der Waals surface area contributed by atoms with Gasteiger partial charge < -0.3 is 0 Å². The summed E-state index contributed by atoms with van der Waals surface area (Å²) in [6, 6.07) is 0. The van der Waals surface area contributed by atoms with E-state index in [0.717, 1.165) is 25.7 Å². The molecule has 0 spiro atoms. The highest BCUT2D eigenvalue weighted by Gasteiger charge is 1.95. The first-order valence-corrected chi connectivity index (χ1v) is 14.0. The molecule has 176 valence electrons. The molecule has 0 heterocycles. The summed E-state index contributed by atoms with van der Waals surface area (Å²) in [6.45, 7) is 7.79. The molecule has 0 aliphatic carbocycles. The van der Waals surface area contributed by atoms with E-state index in [1.165, 1.54) is 141 Å². The largest absolute Gasteiger partial charge is 0.103 e. The minimum absolute atomic E-state index is 1.08. The average Bonchev–Trinajstić information content (AvgIpc) is 2.76. The van der Waals surface area contributed by atoms with E-state index >= 15 is 0 Å². The lowest BCUT2D eigenvalue weighted by Crippen LogP contribution is -1.84. The summed E-state index contributed by atoms with van der Waals surface area (Å²) >= 11 is 0. The fourth-order valence-corrected chi connectivity index (χ4v) is 4.14. The molecule has 0 aromatic rings. The molecule has 0 aromatic heterocycles. The zero-order valence-corrected chi connectivity index (χ0v) is 20.8. The summed E-state index contributed by atoms with van der Waals surface area (Å²) in [4.78, 5) is 0. The molecule has 2 radical (unpaired) electrons. The molecular weight excluding hydrogens is 360 g/mol.